The standard InChI is InChI=1S/C9H11NOS/c11-7-9-8(3-6-12-9)10-4-1-2-5-10/h3,6-7H,1-2,4-5H2. The van der Waals surface area contributed by atoms with Gasteiger partial charge in [-0.15, -0.1) is 11.3 Å². The Morgan fingerprint density at radius 1 is 1.42 bits per heavy atom. The summed E-state index contributed by atoms with van der Waals surface area (Å²) in [5.74, 6) is 0. The number of aldehydes is 1. The third-order valence-corrected chi connectivity index (χ3v) is 3.06. The maximum absolute atomic E-state index is 10.6. The molecule has 1 saturated heterocycles. The van der Waals surface area contributed by atoms with Crippen LogP contribution in [0.3, 0.4) is 0 Å². The summed E-state index contributed by atoms with van der Waals surface area (Å²) in [6.45, 7) is 2.22. The largest absolute Gasteiger partial charge is 0.370 e. The number of anilines is 1. The molecule has 0 aliphatic carbocycles. The fourth-order valence-electron chi connectivity index (χ4n) is 1.62. The van der Waals surface area contributed by atoms with Crippen molar-refractivity contribution in [1.29, 1.82) is 0 Å². The van der Waals surface area contributed by atoms with Gasteiger partial charge in [-0.2, -0.15) is 0 Å². The second-order valence-electron chi connectivity index (χ2n) is 2.98. The maximum Gasteiger partial charge on any atom is 0.162 e. The molecule has 2 rings (SSSR count). The minimum atomic E-state index is 0.872. The number of thiophene rings is 1. The highest BCUT2D eigenvalue weighted by Gasteiger charge is 2.15. The third kappa shape index (κ3) is 1.25. The van der Waals surface area contributed by atoms with E-state index in [0.29, 0.717) is 0 Å². The lowest BCUT2D eigenvalue weighted by atomic mass is 10.4. The zero-order chi connectivity index (χ0) is 8.39. The predicted octanol–water partition coefficient (Wildman–Crippen LogP) is 2.16. The lowest BCUT2D eigenvalue weighted by molar-refractivity contribution is 0.112. The van der Waals surface area contributed by atoms with Crippen molar-refractivity contribution >= 4 is 23.3 Å². The van der Waals surface area contributed by atoms with Gasteiger partial charge in [-0.3, -0.25) is 4.79 Å². The Morgan fingerprint density at radius 3 is 2.83 bits per heavy atom. The fraction of sp³-hybridized carbons (Fsp3) is 0.444. The van der Waals surface area contributed by atoms with Crippen molar-refractivity contribution in [3.63, 3.8) is 0 Å². The van der Waals surface area contributed by atoms with Crippen LogP contribution in [-0.4, -0.2) is 19.4 Å². The molecule has 0 bridgehead atoms. The van der Waals surface area contributed by atoms with Crippen molar-refractivity contribution in [2.24, 2.45) is 0 Å². The molecule has 0 N–H and O–H groups in total. The highest BCUT2D eigenvalue weighted by Crippen LogP contribution is 2.27. The van der Waals surface area contributed by atoms with Gasteiger partial charge in [0, 0.05) is 13.1 Å². The number of rotatable bonds is 2. The highest BCUT2D eigenvalue weighted by molar-refractivity contribution is 7.12. The summed E-state index contributed by atoms with van der Waals surface area (Å²) in [5, 5.41) is 1.98. The molecule has 64 valence electrons. The average Bonchev–Trinajstić information content (AvgIpc) is 2.74. The highest BCUT2D eigenvalue weighted by atomic mass is 32.1. The van der Waals surface area contributed by atoms with Crippen molar-refractivity contribution in [1.82, 2.24) is 0 Å². The molecular formula is C9H11NOS. The van der Waals surface area contributed by atoms with Crippen LogP contribution in [-0.2, 0) is 0 Å². The minimum absolute atomic E-state index is 0.872. The molecule has 2 heterocycles. The monoisotopic (exact) mass is 181 g/mol. The second-order valence-corrected chi connectivity index (χ2v) is 3.93. The Kier molecular flexibility index (Phi) is 2.13. The van der Waals surface area contributed by atoms with Crippen LogP contribution in [0.2, 0.25) is 0 Å². The number of hydrogen-bond acceptors (Lipinski definition) is 3. The molecule has 12 heavy (non-hydrogen) atoms. The molecule has 2 nitrogen and oxygen atoms in total. The number of carbonyl (C=O) groups is 1. The van der Waals surface area contributed by atoms with Crippen LogP contribution in [0.4, 0.5) is 5.69 Å². The van der Waals surface area contributed by atoms with Gasteiger partial charge in [-0.1, -0.05) is 0 Å². The average molecular weight is 181 g/mol. The summed E-state index contributed by atoms with van der Waals surface area (Å²) in [7, 11) is 0. The van der Waals surface area contributed by atoms with Gasteiger partial charge in [0.25, 0.3) is 0 Å². The van der Waals surface area contributed by atoms with Gasteiger partial charge in [-0.25, -0.2) is 0 Å². The zero-order valence-corrected chi connectivity index (χ0v) is 7.64. The van der Waals surface area contributed by atoms with Gasteiger partial charge in [0.15, 0.2) is 6.29 Å². The normalized spacial score (nSPS) is 16.8. The molecule has 1 aliphatic heterocycles. The summed E-state index contributed by atoms with van der Waals surface area (Å²) in [5.41, 5.74) is 1.13. The van der Waals surface area contributed by atoms with E-state index in [4.69, 9.17) is 0 Å². The smallest absolute Gasteiger partial charge is 0.162 e. The number of nitrogens with zero attached hydrogens (tertiary/aromatic N) is 1. The van der Waals surface area contributed by atoms with Crippen molar-refractivity contribution in [2.45, 2.75) is 12.8 Å². The van der Waals surface area contributed by atoms with Crippen molar-refractivity contribution in [3.05, 3.63) is 16.3 Å². The Balaban J connectivity index is 2.25. The van der Waals surface area contributed by atoms with Crippen LogP contribution >= 0.6 is 11.3 Å². The van der Waals surface area contributed by atoms with Crippen molar-refractivity contribution in [2.75, 3.05) is 18.0 Å². The molecule has 0 spiro atoms. The first-order valence-electron chi connectivity index (χ1n) is 4.19. The third-order valence-electron chi connectivity index (χ3n) is 2.23. The van der Waals surface area contributed by atoms with E-state index >= 15 is 0 Å². The maximum atomic E-state index is 10.6. The predicted molar refractivity (Wildman–Crippen MR) is 51.2 cm³/mol. The first kappa shape index (κ1) is 7.80. The van der Waals surface area contributed by atoms with E-state index in [1.165, 1.54) is 24.2 Å². The molecule has 0 aromatic carbocycles. The van der Waals surface area contributed by atoms with Crippen molar-refractivity contribution in [3.8, 4) is 0 Å². The zero-order valence-electron chi connectivity index (χ0n) is 6.82. The van der Waals surface area contributed by atoms with Crippen LogP contribution in [0.25, 0.3) is 0 Å². The molecule has 0 unspecified atom stereocenters. The molecule has 1 aliphatic rings. The quantitative estimate of drug-likeness (QED) is 0.652. The molecule has 1 aromatic heterocycles. The molecule has 3 heteroatoms. The van der Waals surface area contributed by atoms with E-state index in [9.17, 15) is 4.79 Å². The molecule has 0 saturated carbocycles. The van der Waals surface area contributed by atoms with Crippen LogP contribution in [0.15, 0.2) is 11.4 Å². The summed E-state index contributed by atoms with van der Waals surface area (Å²) in [4.78, 5) is 13.8. The fourth-order valence-corrected chi connectivity index (χ4v) is 2.34. The molecule has 1 aromatic rings. The van der Waals surface area contributed by atoms with Gasteiger partial charge in [0.05, 0.1) is 10.6 Å². The summed E-state index contributed by atoms with van der Waals surface area (Å²) in [6, 6.07) is 2.04. The van der Waals surface area contributed by atoms with E-state index in [0.717, 1.165) is 29.9 Å². The van der Waals surface area contributed by atoms with Crippen LogP contribution in [0, 0.1) is 0 Å². The molecule has 0 atom stereocenters. The Labute approximate surface area is 75.8 Å². The van der Waals surface area contributed by atoms with Crippen LogP contribution in [0.1, 0.15) is 22.5 Å². The first-order valence-corrected chi connectivity index (χ1v) is 5.07. The van der Waals surface area contributed by atoms with Gasteiger partial charge >= 0.3 is 0 Å². The number of carbonyl (C=O) groups excluding carboxylic acids is 1. The summed E-state index contributed by atoms with van der Waals surface area (Å²) >= 11 is 1.53. The van der Waals surface area contributed by atoms with Gasteiger partial charge in [0.1, 0.15) is 0 Å². The SMILES string of the molecule is O=Cc1sccc1N1CCCC1. The second kappa shape index (κ2) is 3.27. The molecule has 1 fully saturated rings. The van der Waals surface area contributed by atoms with Crippen molar-refractivity contribution < 1.29 is 4.79 Å². The van der Waals surface area contributed by atoms with Crippen LogP contribution in [0.5, 0.6) is 0 Å². The van der Waals surface area contributed by atoms with E-state index < -0.39 is 0 Å². The van der Waals surface area contributed by atoms with E-state index in [-0.39, 0.29) is 0 Å². The lowest BCUT2D eigenvalue weighted by Crippen LogP contribution is -2.17. The van der Waals surface area contributed by atoms with E-state index in [2.05, 4.69) is 4.90 Å². The molecular weight excluding hydrogens is 170 g/mol. The molecule has 0 amide bonds. The van der Waals surface area contributed by atoms with E-state index in [1.54, 1.807) is 0 Å². The van der Waals surface area contributed by atoms with Crippen LogP contribution < -0.4 is 4.90 Å². The molecule has 0 radical (unpaired) electrons. The van der Waals surface area contributed by atoms with Gasteiger partial charge in [-0.05, 0) is 24.3 Å². The Morgan fingerprint density at radius 2 is 2.17 bits per heavy atom. The topological polar surface area (TPSA) is 20.3 Å². The van der Waals surface area contributed by atoms with Gasteiger partial charge < -0.3 is 4.90 Å². The van der Waals surface area contributed by atoms with E-state index in [1.807, 2.05) is 11.4 Å². The Hall–Kier alpha value is -0.830. The first-order chi connectivity index (χ1) is 5.92. The summed E-state index contributed by atoms with van der Waals surface area (Å²) in [6.07, 6.45) is 3.47. The lowest BCUT2D eigenvalue weighted by Gasteiger charge is -2.15. The minimum Gasteiger partial charge on any atom is -0.370 e. The number of hydrogen-bond donors (Lipinski definition) is 0. The summed E-state index contributed by atoms with van der Waals surface area (Å²) < 4.78 is 0. The van der Waals surface area contributed by atoms with Gasteiger partial charge in [0.2, 0.25) is 0 Å². The Bertz CT molecular complexity index is 276.